The molecule has 0 aromatic heterocycles. The lowest BCUT2D eigenvalue weighted by Crippen LogP contribution is -2.34. The molecule has 0 spiro atoms. The monoisotopic (exact) mass is 290 g/mol. The lowest BCUT2D eigenvalue weighted by atomic mass is 10.2. The summed E-state index contributed by atoms with van der Waals surface area (Å²) in [4.78, 5) is -0.331. The first-order valence-corrected chi connectivity index (χ1v) is 7.39. The molecule has 0 unspecified atom stereocenters. The van der Waals surface area contributed by atoms with Gasteiger partial charge in [0.1, 0.15) is 10.7 Å². The standard InChI is InChI=1S/C12H19FN2O3S/c1-3-15(6-7-18-2)19(16,17)12-5-4-10(9-14)8-11(12)13/h4-5,8H,3,6-7,9,14H2,1-2H3. The number of benzene rings is 1. The van der Waals surface area contributed by atoms with E-state index >= 15 is 0 Å². The maximum atomic E-state index is 13.9. The summed E-state index contributed by atoms with van der Waals surface area (Å²) in [6.07, 6.45) is 0. The molecule has 0 heterocycles. The Morgan fingerprint density at radius 2 is 2.11 bits per heavy atom. The first-order chi connectivity index (χ1) is 8.97. The molecule has 0 bridgehead atoms. The van der Waals surface area contributed by atoms with Gasteiger partial charge in [-0.1, -0.05) is 13.0 Å². The molecule has 19 heavy (non-hydrogen) atoms. The van der Waals surface area contributed by atoms with Gasteiger partial charge in [0.15, 0.2) is 0 Å². The number of nitrogens with zero attached hydrogens (tertiary/aromatic N) is 1. The fourth-order valence-corrected chi connectivity index (χ4v) is 3.14. The number of halogens is 1. The van der Waals surface area contributed by atoms with Crippen molar-refractivity contribution in [2.45, 2.75) is 18.4 Å². The number of nitrogens with two attached hydrogens (primary N) is 1. The first-order valence-electron chi connectivity index (χ1n) is 5.95. The Kier molecular flexibility index (Phi) is 5.86. The van der Waals surface area contributed by atoms with Gasteiger partial charge in [-0.05, 0) is 17.7 Å². The highest BCUT2D eigenvalue weighted by molar-refractivity contribution is 7.89. The highest BCUT2D eigenvalue weighted by Gasteiger charge is 2.26. The van der Waals surface area contributed by atoms with E-state index in [9.17, 15) is 12.8 Å². The molecule has 1 aromatic rings. The van der Waals surface area contributed by atoms with Crippen LogP contribution in [0.5, 0.6) is 0 Å². The molecule has 0 atom stereocenters. The average molecular weight is 290 g/mol. The van der Waals surface area contributed by atoms with E-state index in [1.807, 2.05) is 0 Å². The Hall–Kier alpha value is -1.02. The van der Waals surface area contributed by atoms with E-state index in [0.29, 0.717) is 5.56 Å². The molecule has 0 aliphatic heterocycles. The number of ether oxygens (including phenoxy) is 1. The van der Waals surface area contributed by atoms with Gasteiger partial charge in [-0.3, -0.25) is 0 Å². The summed E-state index contributed by atoms with van der Waals surface area (Å²) in [6.45, 7) is 2.56. The van der Waals surface area contributed by atoms with E-state index in [4.69, 9.17) is 10.5 Å². The Balaban J connectivity index is 3.11. The van der Waals surface area contributed by atoms with Crippen LogP contribution in [-0.4, -0.2) is 39.5 Å². The van der Waals surface area contributed by atoms with Crippen molar-refractivity contribution < 1.29 is 17.5 Å². The lowest BCUT2D eigenvalue weighted by molar-refractivity contribution is 0.180. The molecule has 0 aliphatic rings. The minimum Gasteiger partial charge on any atom is -0.383 e. The molecule has 1 rings (SSSR count). The van der Waals surface area contributed by atoms with Crippen LogP contribution >= 0.6 is 0 Å². The molecule has 7 heteroatoms. The van der Waals surface area contributed by atoms with Gasteiger partial charge >= 0.3 is 0 Å². The van der Waals surface area contributed by atoms with Gasteiger partial charge in [-0.25, -0.2) is 12.8 Å². The van der Waals surface area contributed by atoms with E-state index < -0.39 is 15.8 Å². The molecule has 0 aliphatic carbocycles. The third kappa shape index (κ3) is 3.73. The van der Waals surface area contributed by atoms with Crippen LogP contribution in [0.15, 0.2) is 23.1 Å². The molecule has 5 nitrogen and oxygen atoms in total. The van der Waals surface area contributed by atoms with Crippen molar-refractivity contribution in [2.24, 2.45) is 5.73 Å². The molecule has 0 amide bonds. The van der Waals surface area contributed by atoms with Crippen LogP contribution in [0.25, 0.3) is 0 Å². The number of sulfonamides is 1. The highest BCUT2D eigenvalue weighted by atomic mass is 32.2. The van der Waals surface area contributed by atoms with Gasteiger partial charge in [0, 0.05) is 26.7 Å². The third-order valence-electron chi connectivity index (χ3n) is 2.75. The van der Waals surface area contributed by atoms with Crippen LogP contribution in [0.3, 0.4) is 0 Å². The van der Waals surface area contributed by atoms with Gasteiger partial charge in [-0.15, -0.1) is 0 Å². The van der Waals surface area contributed by atoms with E-state index in [2.05, 4.69) is 0 Å². The zero-order valence-electron chi connectivity index (χ0n) is 11.1. The molecule has 0 saturated carbocycles. The minimum absolute atomic E-state index is 0.165. The molecule has 0 radical (unpaired) electrons. The second kappa shape index (κ2) is 6.95. The largest absolute Gasteiger partial charge is 0.383 e. The van der Waals surface area contributed by atoms with Crippen LogP contribution in [-0.2, 0) is 21.3 Å². The van der Waals surface area contributed by atoms with E-state index in [0.717, 1.165) is 6.07 Å². The van der Waals surface area contributed by atoms with Crippen LogP contribution in [0.2, 0.25) is 0 Å². The smallest absolute Gasteiger partial charge is 0.246 e. The number of hydrogen-bond acceptors (Lipinski definition) is 4. The molecule has 0 fully saturated rings. The summed E-state index contributed by atoms with van der Waals surface area (Å²) in [6, 6.07) is 3.92. The predicted molar refractivity (Wildman–Crippen MR) is 70.6 cm³/mol. The summed E-state index contributed by atoms with van der Waals surface area (Å²) >= 11 is 0. The van der Waals surface area contributed by atoms with Crippen LogP contribution < -0.4 is 5.73 Å². The maximum Gasteiger partial charge on any atom is 0.246 e. The quantitative estimate of drug-likeness (QED) is 0.811. The highest BCUT2D eigenvalue weighted by Crippen LogP contribution is 2.20. The fraction of sp³-hybridized carbons (Fsp3) is 0.500. The van der Waals surface area contributed by atoms with Crippen molar-refractivity contribution in [1.82, 2.24) is 4.31 Å². The first kappa shape index (κ1) is 16.0. The number of methoxy groups -OCH3 is 1. The minimum atomic E-state index is -3.84. The van der Waals surface area contributed by atoms with Crippen molar-refractivity contribution in [3.63, 3.8) is 0 Å². The summed E-state index contributed by atoms with van der Waals surface area (Å²) < 4.78 is 44.5. The lowest BCUT2D eigenvalue weighted by Gasteiger charge is -2.20. The maximum absolute atomic E-state index is 13.9. The SMILES string of the molecule is CCN(CCOC)S(=O)(=O)c1ccc(CN)cc1F. The van der Waals surface area contributed by atoms with Crippen LogP contribution in [0.4, 0.5) is 4.39 Å². The summed E-state index contributed by atoms with van der Waals surface area (Å²) in [5.41, 5.74) is 5.94. The van der Waals surface area contributed by atoms with Gasteiger partial charge in [0.05, 0.1) is 6.61 Å². The summed E-state index contributed by atoms with van der Waals surface area (Å²) in [7, 11) is -2.36. The van der Waals surface area contributed by atoms with E-state index in [-0.39, 0.29) is 31.1 Å². The molecular formula is C12H19FN2O3S. The van der Waals surface area contributed by atoms with Gasteiger partial charge in [0.2, 0.25) is 10.0 Å². The Morgan fingerprint density at radius 3 is 2.58 bits per heavy atom. The van der Waals surface area contributed by atoms with Crippen molar-refractivity contribution in [2.75, 3.05) is 26.8 Å². The molecule has 2 N–H and O–H groups in total. The summed E-state index contributed by atoms with van der Waals surface area (Å²) in [5, 5.41) is 0. The zero-order valence-corrected chi connectivity index (χ0v) is 11.9. The topological polar surface area (TPSA) is 72.6 Å². The third-order valence-corrected chi connectivity index (χ3v) is 4.75. The number of rotatable bonds is 7. The zero-order chi connectivity index (χ0) is 14.5. The molecule has 1 aromatic carbocycles. The van der Waals surface area contributed by atoms with Gasteiger partial charge < -0.3 is 10.5 Å². The van der Waals surface area contributed by atoms with Crippen LogP contribution in [0.1, 0.15) is 12.5 Å². The second-order valence-electron chi connectivity index (χ2n) is 3.96. The molecule has 0 saturated heterocycles. The Morgan fingerprint density at radius 1 is 1.42 bits per heavy atom. The summed E-state index contributed by atoms with van der Waals surface area (Å²) in [5.74, 6) is -0.779. The molecular weight excluding hydrogens is 271 g/mol. The van der Waals surface area contributed by atoms with Crippen molar-refractivity contribution in [3.05, 3.63) is 29.6 Å². The van der Waals surface area contributed by atoms with Crippen LogP contribution in [0, 0.1) is 5.82 Å². The Labute approximate surface area is 113 Å². The Bertz CT molecular complexity index is 520. The van der Waals surface area contributed by atoms with Gasteiger partial charge in [0.25, 0.3) is 0 Å². The van der Waals surface area contributed by atoms with Gasteiger partial charge in [-0.2, -0.15) is 4.31 Å². The van der Waals surface area contributed by atoms with E-state index in [1.54, 1.807) is 6.92 Å². The van der Waals surface area contributed by atoms with Crippen molar-refractivity contribution in [3.8, 4) is 0 Å². The average Bonchev–Trinajstić information content (AvgIpc) is 2.38. The predicted octanol–water partition coefficient (Wildman–Crippen LogP) is 0.941. The second-order valence-corrected chi connectivity index (χ2v) is 5.86. The van der Waals surface area contributed by atoms with Crippen molar-refractivity contribution >= 4 is 10.0 Å². The molecule has 108 valence electrons. The van der Waals surface area contributed by atoms with Crippen molar-refractivity contribution in [1.29, 1.82) is 0 Å². The number of hydrogen-bond donors (Lipinski definition) is 1. The fourth-order valence-electron chi connectivity index (χ4n) is 1.66. The van der Waals surface area contributed by atoms with E-state index in [1.165, 1.54) is 23.5 Å². The number of likely N-dealkylation sites (N-methyl/N-ethyl adjacent to an activating group) is 1. The normalized spacial score (nSPS) is 12.1.